The second-order valence-corrected chi connectivity index (χ2v) is 4.01. The lowest BCUT2D eigenvalue weighted by molar-refractivity contribution is 0.0447. The van der Waals surface area contributed by atoms with Gasteiger partial charge in [0, 0.05) is 0 Å². The highest BCUT2D eigenvalue weighted by atomic mass is 32.1. The first-order chi connectivity index (χ1) is 6.77. The van der Waals surface area contributed by atoms with Gasteiger partial charge in [0.25, 0.3) is 0 Å². The molecule has 3 nitrogen and oxygen atoms in total. The second-order valence-electron chi connectivity index (χ2n) is 3.06. The van der Waals surface area contributed by atoms with Gasteiger partial charge >= 0.3 is 0 Å². The lowest BCUT2D eigenvalue weighted by Crippen LogP contribution is -2.28. The van der Waals surface area contributed by atoms with E-state index in [9.17, 15) is 10.2 Å². The van der Waals surface area contributed by atoms with Crippen LogP contribution >= 0.6 is 11.3 Å². The van der Waals surface area contributed by atoms with E-state index in [0.29, 0.717) is 0 Å². The molecule has 0 bridgehead atoms. The Balaban J connectivity index is 2.04. The van der Waals surface area contributed by atoms with E-state index in [1.54, 1.807) is 0 Å². The van der Waals surface area contributed by atoms with Crippen molar-refractivity contribution < 1.29 is 14.9 Å². The zero-order valence-electron chi connectivity index (χ0n) is 7.38. The van der Waals surface area contributed by atoms with E-state index in [2.05, 4.69) is 11.8 Å². The first-order valence-electron chi connectivity index (χ1n) is 4.30. The summed E-state index contributed by atoms with van der Waals surface area (Å²) in [6.07, 6.45) is -2.26. The molecule has 2 rings (SSSR count). The largest absolute Gasteiger partial charge is 0.388 e. The number of hydrogen-bond acceptors (Lipinski definition) is 4. The molecule has 3 unspecified atom stereocenters. The molecule has 1 aliphatic heterocycles. The van der Waals surface area contributed by atoms with E-state index in [0.717, 1.165) is 4.88 Å². The Labute approximate surface area is 86.0 Å². The average molecular weight is 210 g/mol. The van der Waals surface area contributed by atoms with Gasteiger partial charge in [0.05, 0.1) is 11.5 Å². The Morgan fingerprint density at radius 2 is 2.36 bits per heavy atom. The highest BCUT2D eigenvalue weighted by Crippen LogP contribution is 2.14. The van der Waals surface area contributed by atoms with Gasteiger partial charge in [-0.2, -0.15) is 0 Å². The molecule has 1 aromatic rings. The van der Waals surface area contributed by atoms with Crippen LogP contribution in [0.1, 0.15) is 4.88 Å². The van der Waals surface area contributed by atoms with E-state index < -0.39 is 18.3 Å². The van der Waals surface area contributed by atoms with Crippen molar-refractivity contribution in [3.8, 4) is 11.8 Å². The van der Waals surface area contributed by atoms with Crippen molar-refractivity contribution in [3.05, 3.63) is 22.4 Å². The van der Waals surface area contributed by atoms with Crippen molar-refractivity contribution in [1.29, 1.82) is 0 Å². The van der Waals surface area contributed by atoms with Crippen LogP contribution in [0.25, 0.3) is 0 Å². The zero-order chi connectivity index (χ0) is 9.97. The average Bonchev–Trinajstić information content (AvgIpc) is 2.77. The number of hydrogen-bond donors (Lipinski definition) is 2. The summed E-state index contributed by atoms with van der Waals surface area (Å²) in [4.78, 5) is 0.933. The third kappa shape index (κ3) is 1.97. The normalized spacial score (nSPS) is 31.1. The van der Waals surface area contributed by atoms with Crippen LogP contribution < -0.4 is 0 Å². The van der Waals surface area contributed by atoms with Crippen LogP contribution in [-0.2, 0) is 4.74 Å². The van der Waals surface area contributed by atoms with Crippen molar-refractivity contribution in [1.82, 2.24) is 0 Å². The highest BCUT2D eigenvalue weighted by Gasteiger charge is 2.33. The summed E-state index contributed by atoms with van der Waals surface area (Å²) in [5, 5.41) is 20.5. The third-order valence-electron chi connectivity index (χ3n) is 2.01. The van der Waals surface area contributed by atoms with Crippen LogP contribution in [0.15, 0.2) is 17.5 Å². The molecule has 2 N–H and O–H groups in total. The van der Waals surface area contributed by atoms with Crippen LogP contribution in [-0.4, -0.2) is 35.1 Å². The molecule has 2 heterocycles. The van der Waals surface area contributed by atoms with Gasteiger partial charge in [0.1, 0.15) is 18.3 Å². The van der Waals surface area contributed by atoms with Crippen molar-refractivity contribution >= 4 is 11.3 Å². The van der Waals surface area contributed by atoms with Crippen LogP contribution in [0.5, 0.6) is 0 Å². The smallest absolute Gasteiger partial charge is 0.147 e. The van der Waals surface area contributed by atoms with Crippen LogP contribution in [0, 0.1) is 11.8 Å². The molecule has 1 saturated heterocycles. The summed E-state index contributed by atoms with van der Waals surface area (Å²) in [6.45, 7) is 0.158. The lowest BCUT2D eigenvalue weighted by Gasteiger charge is -2.07. The number of aliphatic hydroxyl groups is 2. The number of aliphatic hydroxyl groups excluding tert-OH is 2. The molecule has 1 fully saturated rings. The predicted octanol–water partition coefficient (Wildman–Crippen LogP) is 0.220. The van der Waals surface area contributed by atoms with Gasteiger partial charge in [0.2, 0.25) is 0 Å². The second kappa shape index (κ2) is 4.11. The summed E-state index contributed by atoms with van der Waals surface area (Å²) in [5.74, 6) is 5.68. The maximum atomic E-state index is 9.41. The lowest BCUT2D eigenvalue weighted by atomic mass is 10.1. The minimum absolute atomic E-state index is 0.158. The Kier molecular flexibility index (Phi) is 2.85. The minimum Gasteiger partial charge on any atom is -0.388 e. The molecule has 0 amide bonds. The molecule has 74 valence electrons. The minimum atomic E-state index is -0.887. The first kappa shape index (κ1) is 9.69. The van der Waals surface area contributed by atoms with Gasteiger partial charge in [-0.25, -0.2) is 0 Å². The topological polar surface area (TPSA) is 49.7 Å². The number of ether oxygens (including phenoxy) is 1. The molecule has 0 spiro atoms. The van der Waals surface area contributed by atoms with Gasteiger partial charge in [-0.05, 0) is 11.4 Å². The summed E-state index contributed by atoms with van der Waals surface area (Å²) in [5.41, 5.74) is 0. The number of rotatable bonds is 0. The molecule has 1 aliphatic rings. The fraction of sp³-hybridized carbons (Fsp3) is 0.400. The Morgan fingerprint density at radius 3 is 2.93 bits per heavy atom. The van der Waals surface area contributed by atoms with Gasteiger partial charge in [0.15, 0.2) is 0 Å². The molecule has 4 heteroatoms. The fourth-order valence-corrected chi connectivity index (χ4v) is 1.80. The van der Waals surface area contributed by atoms with E-state index in [1.165, 1.54) is 11.3 Å². The summed E-state index contributed by atoms with van der Waals surface area (Å²) < 4.78 is 5.11. The molecule has 0 aliphatic carbocycles. The van der Waals surface area contributed by atoms with Gasteiger partial charge < -0.3 is 14.9 Å². The van der Waals surface area contributed by atoms with Gasteiger partial charge in [-0.15, -0.1) is 11.3 Å². The number of thiophene rings is 1. The van der Waals surface area contributed by atoms with Crippen LogP contribution in [0.3, 0.4) is 0 Å². The molecule has 0 aromatic carbocycles. The molecular formula is C10H10O3S. The maximum Gasteiger partial charge on any atom is 0.147 e. The van der Waals surface area contributed by atoms with Gasteiger partial charge in [-0.1, -0.05) is 17.9 Å². The van der Waals surface area contributed by atoms with Crippen molar-refractivity contribution in [3.63, 3.8) is 0 Å². The van der Waals surface area contributed by atoms with Gasteiger partial charge in [-0.3, -0.25) is 0 Å². The van der Waals surface area contributed by atoms with E-state index >= 15 is 0 Å². The molecule has 3 atom stereocenters. The maximum absolute atomic E-state index is 9.41. The van der Waals surface area contributed by atoms with E-state index in [1.807, 2.05) is 17.5 Å². The Bertz CT molecular complexity index is 349. The SMILES string of the molecule is OC1COC(C#Cc2cccs2)C1O. The van der Waals surface area contributed by atoms with Crippen LogP contribution in [0.4, 0.5) is 0 Å². The molecule has 14 heavy (non-hydrogen) atoms. The highest BCUT2D eigenvalue weighted by molar-refractivity contribution is 7.10. The molecule has 0 saturated carbocycles. The fourth-order valence-electron chi connectivity index (χ4n) is 1.22. The zero-order valence-corrected chi connectivity index (χ0v) is 8.20. The van der Waals surface area contributed by atoms with E-state index in [4.69, 9.17) is 4.74 Å². The van der Waals surface area contributed by atoms with Crippen molar-refractivity contribution in [2.24, 2.45) is 0 Å². The third-order valence-corrected chi connectivity index (χ3v) is 2.80. The Hall–Kier alpha value is -0.860. The quantitative estimate of drug-likeness (QED) is 0.602. The Morgan fingerprint density at radius 1 is 1.50 bits per heavy atom. The molecule has 0 radical (unpaired) electrons. The van der Waals surface area contributed by atoms with E-state index in [-0.39, 0.29) is 6.61 Å². The predicted molar refractivity (Wildman–Crippen MR) is 53.0 cm³/mol. The standard InChI is InChI=1S/C10H10O3S/c11-8-6-13-9(10(8)12)4-3-7-2-1-5-14-7/h1-2,5,8-12H,6H2. The molecular weight excluding hydrogens is 200 g/mol. The monoisotopic (exact) mass is 210 g/mol. The summed E-state index contributed by atoms with van der Waals surface area (Å²) in [7, 11) is 0. The first-order valence-corrected chi connectivity index (χ1v) is 5.18. The van der Waals surface area contributed by atoms with Crippen molar-refractivity contribution in [2.45, 2.75) is 18.3 Å². The summed E-state index contributed by atoms with van der Waals surface area (Å²) >= 11 is 1.54. The van der Waals surface area contributed by atoms with Crippen molar-refractivity contribution in [2.75, 3.05) is 6.61 Å². The van der Waals surface area contributed by atoms with Crippen LogP contribution in [0.2, 0.25) is 0 Å². The summed E-state index contributed by atoms with van der Waals surface area (Å²) in [6, 6.07) is 3.81. The molecule has 1 aromatic heterocycles.